The Morgan fingerprint density at radius 2 is 1.57 bits per heavy atom. The first-order valence-corrected chi connectivity index (χ1v) is 11.6. The maximum absolute atomic E-state index is 13.4. The van der Waals surface area contributed by atoms with Crippen molar-refractivity contribution in [1.29, 1.82) is 0 Å². The first kappa shape index (κ1) is 25.5. The Bertz CT molecular complexity index is 1410. The van der Waals surface area contributed by atoms with E-state index in [1.807, 2.05) is 19.9 Å². The highest BCUT2D eigenvalue weighted by Crippen LogP contribution is 2.44. The van der Waals surface area contributed by atoms with E-state index in [1.54, 1.807) is 54.6 Å². The van der Waals surface area contributed by atoms with Crippen LogP contribution in [0.4, 0.5) is 5.69 Å². The Labute approximate surface area is 214 Å². The molecule has 1 aliphatic rings. The lowest BCUT2D eigenvalue weighted by atomic mass is 9.93. The van der Waals surface area contributed by atoms with Crippen molar-refractivity contribution in [2.45, 2.75) is 26.3 Å². The van der Waals surface area contributed by atoms with Crippen LogP contribution in [0.25, 0.3) is 5.76 Å². The summed E-state index contributed by atoms with van der Waals surface area (Å²) in [6.45, 7) is 3.70. The molecule has 1 unspecified atom stereocenters. The lowest BCUT2D eigenvalue weighted by Gasteiger charge is -2.26. The molecular weight excluding hydrogens is 474 g/mol. The highest BCUT2D eigenvalue weighted by Gasteiger charge is 2.47. The van der Waals surface area contributed by atoms with Gasteiger partial charge < -0.3 is 19.7 Å². The number of aliphatic hydroxyl groups is 1. The number of carbonyl (C=O) groups is 3. The molecule has 1 heterocycles. The minimum atomic E-state index is -0.978. The van der Waals surface area contributed by atoms with Crippen LogP contribution in [-0.2, 0) is 20.8 Å². The summed E-state index contributed by atoms with van der Waals surface area (Å²) < 4.78 is 10.8. The lowest BCUT2D eigenvalue weighted by molar-refractivity contribution is -0.136. The van der Waals surface area contributed by atoms with Gasteiger partial charge in [-0.15, -0.1) is 0 Å². The molecule has 1 atom stereocenters. The molecule has 0 bridgehead atoms. The number of amides is 1. The number of anilines is 1. The summed E-state index contributed by atoms with van der Waals surface area (Å²) in [6, 6.07) is 15.9. The van der Waals surface area contributed by atoms with E-state index in [9.17, 15) is 19.5 Å². The van der Waals surface area contributed by atoms with Gasteiger partial charge in [-0.2, -0.15) is 0 Å². The quantitative estimate of drug-likeness (QED) is 0.277. The molecule has 0 saturated carbocycles. The van der Waals surface area contributed by atoms with Gasteiger partial charge in [-0.1, -0.05) is 30.3 Å². The molecule has 4 rings (SSSR count). The van der Waals surface area contributed by atoms with Crippen molar-refractivity contribution in [2.75, 3.05) is 19.1 Å². The van der Waals surface area contributed by atoms with Crippen molar-refractivity contribution in [3.05, 3.63) is 94.1 Å². The zero-order valence-corrected chi connectivity index (χ0v) is 20.9. The first-order valence-electron chi connectivity index (χ1n) is 11.6. The third-order valence-corrected chi connectivity index (χ3v) is 6.32. The standard InChI is InChI=1S/C29H27NO7/c1-16-13-17(2)28(37-4)22(14-16)26(33)24-25(19-7-11-21(36-3)12-8-19)30(29(35)27(24)34)20-9-5-18(6-10-20)15-23(31)32/h5-14,25,33H,15H2,1-4H3,(H,31,32)/b26-24+. The van der Waals surface area contributed by atoms with Crippen molar-refractivity contribution >= 4 is 29.1 Å². The number of aliphatic carboxylic acids is 1. The van der Waals surface area contributed by atoms with Gasteiger partial charge in [-0.3, -0.25) is 19.3 Å². The van der Waals surface area contributed by atoms with E-state index in [1.165, 1.54) is 19.1 Å². The van der Waals surface area contributed by atoms with Crippen molar-refractivity contribution in [1.82, 2.24) is 0 Å². The fraction of sp³-hybridized carbons (Fsp3) is 0.207. The van der Waals surface area contributed by atoms with Gasteiger partial charge in [0, 0.05) is 5.69 Å². The van der Waals surface area contributed by atoms with Crippen molar-refractivity contribution in [3.63, 3.8) is 0 Å². The SMILES string of the molecule is COc1ccc(C2/C(=C(\O)c3cc(C)cc(C)c3OC)C(=O)C(=O)N2c2ccc(CC(=O)O)cc2)cc1. The summed E-state index contributed by atoms with van der Waals surface area (Å²) in [6.07, 6.45) is -0.173. The number of nitrogens with zero attached hydrogens (tertiary/aromatic N) is 1. The molecule has 0 spiro atoms. The molecule has 8 heteroatoms. The second kappa shape index (κ2) is 10.2. The maximum atomic E-state index is 13.4. The number of carboxylic acids is 1. The Morgan fingerprint density at radius 3 is 2.14 bits per heavy atom. The number of carbonyl (C=O) groups excluding carboxylic acids is 2. The van der Waals surface area contributed by atoms with E-state index in [0.717, 1.165) is 11.1 Å². The van der Waals surface area contributed by atoms with Gasteiger partial charge in [-0.05, 0) is 66.4 Å². The number of ketones is 1. The molecule has 0 aliphatic carbocycles. The van der Waals surface area contributed by atoms with Gasteiger partial charge in [0.15, 0.2) is 0 Å². The average molecular weight is 502 g/mol. The number of rotatable bonds is 7. The number of hydrogen-bond acceptors (Lipinski definition) is 6. The zero-order valence-electron chi connectivity index (χ0n) is 20.9. The summed E-state index contributed by atoms with van der Waals surface area (Å²) >= 11 is 0. The number of Topliss-reactive ketones (excluding diaryl/α,β-unsaturated/α-hetero) is 1. The van der Waals surface area contributed by atoms with E-state index in [0.29, 0.717) is 33.9 Å². The van der Waals surface area contributed by atoms with E-state index in [-0.39, 0.29) is 17.8 Å². The second-order valence-electron chi connectivity index (χ2n) is 8.84. The smallest absolute Gasteiger partial charge is 0.307 e. The maximum Gasteiger partial charge on any atom is 0.307 e. The average Bonchev–Trinajstić information content (AvgIpc) is 3.13. The van der Waals surface area contributed by atoms with Gasteiger partial charge in [0.1, 0.15) is 17.3 Å². The van der Waals surface area contributed by atoms with E-state index in [4.69, 9.17) is 14.6 Å². The Morgan fingerprint density at radius 1 is 0.919 bits per heavy atom. The molecule has 37 heavy (non-hydrogen) atoms. The topological polar surface area (TPSA) is 113 Å². The lowest BCUT2D eigenvalue weighted by Crippen LogP contribution is -2.29. The van der Waals surface area contributed by atoms with Crippen LogP contribution in [0.1, 0.15) is 33.9 Å². The number of ether oxygens (including phenoxy) is 2. The van der Waals surface area contributed by atoms with Gasteiger partial charge in [0.2, 0.25) is 0 Å². The number of benzene rings is 3. The van der Waals surface area contributed by atoms with E-state index in [2.05, 4.69) is 0 Å². The molecule has 1 saturated heterocycles. The third-order valence-electron chi connectivity index (χ3n) is 6.32. The Balaban J connectivity index is 1.93. The molecule has 1 amide bonds. The monoisotopic (exact) mass is 501 g/mol. The summed E-state index contributed by atoms with van der Waals surface area (Å²) in [5, 5.41) is 20.6. The van der Waals surface area contributed by atoms with Crippen molar-refractivity contribution in [2.24, 2.45) is 0 Å². The normalized spacial score (nSPS) is 16.6. The van der Waals surface area contributed by atoms with E-state index < -0.39 is 23.7 Å². The van der Waals surface area contributed by atoms with Crippen LogP contribution in [-0.4, -0.2) is 42.1 Å². The van der Waals surface area contributed by atoms with Crippen LogP contribution in [0.5, 0.6) is 11.5 Å². The van der Waals surface area contributed by atoms with Gasteiger partial charge >= 0.3 is 5.97 Å². The first-order chi connectivity index (χ1) is 17.7. The summed E-state index contributed by atoms with van der Waals surface area (Å²) in [7, 11) is 3.01. The zero-order chi connectivity index (χ0) is 26.9. The van der Waals surface area contributed by atoms with Crippen LogP contribution < -0.4 is 14.4 Å². The largest absolute Gasteiger partial charge is 0.507 e. The summed E-state index contributed by atoms with van der Waals surface area (Å²) in [4.78, 5) is 39.2. The predicted octanol–water partition coefficient (Wildman–Crippen LogP) is 4.57. The van der Waals surface area contributed by atoms with Crippen LogP contribution in [0.2, 0.25) is 0 Å². The minimum Gasteiger partial charge on any atom is -0.507 e. The number of aliphatic hydroxyl groups excluding tert-OH is 1. The number of aryl methyl sites for hydroxylation is 2. The van der Waals surface area contributed by atoms with Gasteiger partial charge in [0.25, 0.3) is 11.7 Å². The van der Waals surface area contributed by atoms with Crippen LogP contribution in [0.15, 0.2) is 66.2 Å². The molecule has 8 nitrogen and oxygen atoms in total. The Hall–Kier alpha value is -4.59. The van der Waals surface area contributed by atoms with Crippen LogP contribution in [0.3, 0.4) is 0 Å². The van der Waals surface area contributed by atoms with Gasteiger partial charge in [-0.25, -0.2) is 0 Å². The molecule has 0 aromatic heterocycles. The second-order valence-corrected chi connectivity index (χ2v) is 8.84. The minimum absolute atomic E-state index is 0.0759. The van der Waals surface area contributed by atoms with Crippen LogP contribution in [0, 0.1) is 13.8 Å². The number of hydrogen-bond donors (Lipinski definition) is 2. The van der Waals surface area contributed by atoms with Crippen LogP contribution >= 0.6 is 0 Å². The highest BCUT2D eigenvalue weighted by atomic mass is 16.5. The molecule has 3 aromatic carbocycles. The number of methoxy groups -OCH3 is 2. The summed E-state index contributed by atoms with van der Waals surface area (Å²) in [5.74, 6) is -1.97. The molecule has 0 radical (unpaired) electrons. The van der Waals surface area contributed by atoms with Crippen molar-refractivity contribution in [3.8, 4) is 11.5 Å². The molecule has 190 valence electrons. The van der Waals surface area contributed by atoms with Crippen molar-refractivity contribution < 1.29 is 34.1 Å². The van der Waals surface area contributed by atoms with Gasteiger partial charge in [0.05, 0.1) is 37.8 Å². The fourth-order valence-corrected chi connectivity index (χ4v) is 4.70. The molecule has 3 aromatic rings. The van der Waals surface area contributed by atoms with E-state index >= 15 is 0 Å². The molecule has 2 N–H and O–H groups in total. The molecule has 1 fully saturated rings. The summed E-state index contributed by atoms with van der Waals surface area (Å²) in [5.41, 5.74) is 3.38. The molecular formula is C29H27NO7. The predicted molar refractivity (Wildman–Crippen MR) is 138 cm³/mol. The number of carboxylic acid groups (broad SMARTS) is 1. The molecule has 1 aliphatic heterocycles. The fourth-order valence-electron chi connectivity index (χ4n) is 4.70. The highest BCUT2D eigenvalue weighted by molar-refractivity contribution is 6.51. The third kappa shape index (κ3) is 4.78. The Kier molecular flexibility index (Phi) is 7.02.